The zero-order valence-electron chi connectivity index (χ0n) is 10.7. The summed E-state index contributed by atoms with van der Waals surface area (Å²) in [6.07, 6.45) is 0. The second kappa shape index (κ2) is 6.99. The average molecular weight is 461 g/mol. The molecule has 0 aliphatic heterocycles. The summed E-state index contributed by atoms with van der Waals surface area (Å²) in [6, 6.07) is 11.7. The van der Waals surface area contributed by atoms with Gasteiger partial charge in [0.25, 0.3) is 11.6 Å². The topological polar surface area (TPSA) is 72.2 Å². The quantitative estimate of drug-likeness (QED) is 0.427. The van der Waals surface area contributed by atoms with Crippen molar-refractivity contribution in [1.29, 1.82) is 0 Å². The van der Waals surface area contributed by atoms with Gasteiger partial charge in [0.05, 0.1) is 10.5 Å². The molecule has 108 valence electrons. The molecule has 0 saturated carbocycles. The summed E-state index contributed by atoms with van der Waals surface area (Å²) in [5.74, 6) is -0.230. The van der Waals surface area contributed by atoms with Gasteiger partial charge in [-0.1, -0.05) is 12.1 Å². The Balaban J connectivity index is 2.09. The van der Waals surface area contributed by atoms with Crippen LogP contribution in [-0.2, 0) is 6.54 Å². The Morgan fingerprint density at radius 1 is 1.29 bits per heavy atom. The number of hydrogen-bond donors (Lipinski definition) is 1. The molecule has 2 aromatic rings. The number of hydrogen-bond acceptors (Lipinski definition) is 3. The molecule has 21 heavy (non-hydrogen) atoms. The zero-order chi connectivity index (χ0) is 15.4. The van der Waals surface area contributed by atoms with Gasteiger partial charge in [-0.15, -0.1) is 0 Å². The highest BCUT2D eigenvalue weighted by molar-refractivity contribution is 14.1. The summed E-state index contributed by atoms with van der Waals surface area (Å²) in [5.41, 5.74) is 1.23. The Morgan fingerprint density at radius 2 is 2.05 bits per heavy atom. The number of nitro groups is 1. The van der Waals surface area contributed by atoms with Crippen molar-refractivity contribution in [3.05, 3.63) is 71.7 Å². The largest absolute Gasteiger partial charge is 0.348 e. The lowest BCUT2D eigenvalue weighted by molar-refractivity contribution is -0.384. The van der Waals surface area contributed by atoms with Gasteiger partial charge in [-0.3, -0.25) is 14.9 Å². The van der Waals surface area contributed by atoms with E-state index in [0.717, 1.165) is 3.57 Å². The van der Waals surface area contributed by atoms with E-state index in [1.54, 1.807) is 18.2 Å². The lowest BCUT2D eigenvalue weighted by atomic mass is 10.2. The molecule has 2 rings (SSSR count). The number of nitrogens with one attached hydrogen (secondary N) is 1. The SMILES string of the molecule is O=C(NCc1cccc([N+](=O)[O-])c1)c1cc(I)ccc1Br. The van der Waals surface area contributed by atoms with Crippen LogP contribution in [0.25, 0.3) is 0 Å². The van der Waals surface area contributed by atoms with Crippen molar-refractivity contribution in [3.63, 3.8) is 0 Å². The fraction of sp³-hybridized carbons (Fsp3) is 0.0714. The van der Waals surface area contributed by atoms with Crippen LogP contribution in [0.15, 0.2) is 46.9 Å². The molecule has 0 heterocycles. The third kappa shape index (κ3) is 4.24. The van der Waals surface area contributed by atoms with E-state index in [9.17, 15) is 14.9 Å². The monoisotopic (exact) mass is 460 g/mol. The van der Waals surface area contributed by atoms with Crippen molar-refractivity contribution in [2.75, 3.05) is 0 Å². The molecule has 0 aromatic heterocycles. The Kier molecular flexibility index (Phi) is 5.29. The third-order valence-corrected chi connectivity index (χ3v) is 4.11. The van der Waals surface area contributed by atoms with E-state index < -0.39 is 4.92 Å². The molecular weight excluding hydrogens is 451 g/mol. The third-order valence-electron chi connectivity index (χ3n) is 2.75. The van der Waals surface area contributed by atoms with Crippen LogP contribution in [-0.4, -0.2) is 10.8 Å². The van der Waals surface area contributed by atoms with Crippen LogP contribution >= 0.6 is 38.5 Å². The van der Waals surface area contributed by atoms with E-state index in [0.29, 0.717) is 15.6 Å². The van der Waals surface area contributed by atoms with Crippen molar-refractivity contribution in [2.45, 2.75) is 6.54 Å². The van der Waals surface area contributed by atoms with E-state index in [1.807, 2.05) is 12.1 Å². The smallest absolute Gasteiger partial charge is 0.269 e. The lowest BCUT2D eigenvalue weighted by Crippen LogP contribution is -2.23. The van der Waals surface area contributed by atoms with Gasteiger partial charge >= 0.3 is 0 Å². The maximum atomic E-state index is 12.1. The van der Waals surface area contributed by atoms with Gasteiger partial charge in [-0.05, 0) is 62.3 Å². The molecule has 0 spiro atoms. The fourth-order valence-electron chi connectivity index (χ4n) is 1.73. The zero-order valence-corrected chi connectivity index (χ0v) is 14.4. The summed E-state index contributed by atoms with van der Waals surface area (Å²) in [7, 11) is 0. The van der Waals surface area contributed by atoms with Crippen molar-refractivity contribution in [2.24, 2.45) is 0 Å². The molecule has 1 N–H and O–H groups in total. The van der Waals surface area contributed by atoms with Gasteiger partial charge < -0.3 is 5.32 Å². The van der Waals surface area contributed by atoms with Crippen molar-refractivity contribution in [3.8, 4) is 0 Å². The van der Waals surface area contributed by atoms with E-state index in [4.69, 9.17) is 0 Å². The minimum Gasteiger partial charge on any atom is -0.348 e. The molecule has 0 saturated heterocycles. The molecule has 0 fully saturated rings. The molecular formula is C14H10BrIN2O3. The first kappa shape index (κ1) is 15.9. The molecule has 0 bridgehead atoms. The van der Waals surface area contributed by atoms with E-state index >= 15 is 0 Å². The molecule has 7 heteroatoms. The molecule has 1 amide bonds. The first-order valence-electron chi connectivity index (χ1n) is 5.94. The Morgan fingerprint density at radius 3 is 2.76 bits per heavy atom. The number of nitrogens with zero attached hydrogens (tertiary/aromatic N) is 1. The van der Waals surface area contributed by atoms with Gasteiger partial charge in [0.15, 0.2) is 0 Å². The highest BCUT2D eigenvalue weighted by atomic mass is 127. The Hall–Kier alpha value is -1.48. The maximum Gasteiger partial charge on any atom is 0.269 e. The Labute approximate surface area is 143 Å². The predicted octanol–water partition coefficient (Wildman–Crippen LogP) is 3.89. The van der Waals surface area contributed by atoms with Gasteiger partial charge in [0, 0.05) is 26.7 Å². The summed E-state index contributed by atoms with van der Waals surface area (Å²) >= 11 is 5.47. The van der Waals surface area contributed by atoms with Crippen LogP contribution in [0.2, 0.25) is 0 Å². The fourth-order valence-corrected chi connectivity index (χ4v) is 2.65. The number of benzene rings is 2. The van der Waals surface area contributed by atoms with Crippen LogP contribution in [0, 0.1) is 13.7 Å². The molecule has 0 aliphatic rings. The first-order chi connectivity index (χ1) is 9.97. The molecule has 5 nitrogen and oxygen atoms in total. The van der Waals surface area contributed by atoms with Crippen molar-refractivity contribution < 1.29 is 9.72 Å². The number of nitro benzene ring substituents is 1. The summed E-state index contributed by atoms with van der Waals surface area (Å²) in [5, 5.41) is 13.5. The molecule has 0 aliphatic carbocycles. The maximum absolute atomic E-state index is 12.1. The highest BCUT2D eigenvalue weighted by Gasteiger charge is 2.11. The second-order valence-electron chi connectivity index (χ2n) is 4.23. The number of carbonyl (C=O) groups excluding carboxylic acids is 1. The highest BCUT2D eigenvalue weighted by Crippen LogP contribution is 2.19. The average Bonchev–Trinajstić information content (AvgIpc) is 2.47. The summed E-state index contributed by atoms with van der Waals surface area (Å²) in [4.78, 5) is 22.4. The first-order valence-corrected chi connectivity index (χ1v) is 7.81. The van der Waals surface area contributed by atoms with Crippen LogP contribution in [0.5, 0.6) is 0 Å². The van der Waals surface area contributed by atoms with Crippen LogP contribution in [0.3, 0.4) is 0 Å². The number of carbonyl (C=O) groups is 1. The van der Waals surface area contributed by atoms with E-state index in [2.05, 4.69) is 43.8 Å². The van der Waals surface area contributed by atoms with Crippen LogP contribution in [0.1, 0.15) is 15.9 Å². The van der Waals surface area contributed by atoms with Crippen molar-refractivity contribution >= 4 is 50.1 Å². The van der Waals surface area contributed by atoms with Gasteiger partial charge in [0.2, 0.25) is 0 Å². The molecule has 0 radical (unpaired) electrons. The van der Waals surface area contributed by atoms with Crippen molar-refractivity contribution in [1.82, 2.24) is 5.32 Å². The summed E-state index contributed by atoms with van der Waals surface area (Å²) in [6.45, 7) is 0.235. The molecule has 2 aromatic carbocycles. The molecule has 0 unspecified atom stereocenters. The minimum atomic E-state index is -0.457. The number of amides is 1. The van der Waals surface area contributed by atoms with Crippen LogP contribution < -0.4 is 5.32 Å². The number of rotatable bonds is 4. The lowest BCUT2D eigenvalue weighted by Gasteiger charge is -2.07. The minimum absolute atomic E-state index is 0.0113. The predicted molar refractivity (Wildman–Crippen MR) is 91.1 cm³/mol. The molecule has 0 atom stereocenters. The van der Waals surface area contributed by atoms with Gasteiger partial charge in [0.1, 0.15) is 0 Å². The normalized spacial score (nSPS) is 10.2. The Bertz CT molecular complexity index is 706. The van der Waals surface area contributed by atoms with Crippen LogP contribution in [0.4, 0.5) is 5.69 Å². The van der Waals surface area contributed by atoms with Gasteiger partial charge in [-0.25, -0.2) is 0 Å². The van der Waals surface area contributed by atoms with Gasteiger partial charge in [-0.2, -0.15) is 0 Å². The standard InChI is InChI=1S/C14H10BrIN2O3/c15-13-5-4-10(16)7-12(13)14(19)17-8-9-2-1-3-11(6-9)18(20)21/h1-7H,8H2,(H,17,19). The van der Waals surface area contributed by atoms with E-state index in [-0.39, 0.29) is 18.1 Å². The van der Waals surface area contributed by atoms with E-state index in [1.165, 1.54) is 12.1 Å². The summed E-state index contributed by atoms with van der Waals surface area (Å²) < 4.78 is 1.66. The number of halogens is 2. The number of non-ortho nitro benzene ring substituents is 1. The second-order valence-corrected chi connectivity index (χ2v) is 6.33.